The van der Waals surface area contributed by atoms with Crippen molar-refractivity contribution in [3.05, 3.63) is 33.1 Å². The summed E-state index contributed by atoms with van der Waals surface area (Å²) in [6.45, 7) is -5.67. The summed E-state index contributed by atoms with van der Waals surface area (Å²) in [7, 11) is -11.1. The van der Waals surface area contributed by atoms with Crippen LogP contribution >= 0.6 is 22.4 Å². The lowest BCUT2D eigenvalue weighted by atomic mass is 9.95. The average Bonchev–Trinajstić information content (AvgIpc) is 2.82. The molecule has 1 fully saturated rings. The first-order chi connectivity index (χ1) is 14.0. The van der Waals surface area contributed by atoms with Gasteiger partial charge in [0.25, 0.3) is 5.56 Å². The molecule has 6 atom stereocenters. The van der Waals surface area contributed by atoms with Crippen molar-refractivity contribution in [3.8, 4) is 12.3 Å². The molecule has 1 aliphatic rings. The SMILES string of the molecule is C#C[C@]1(O)C(n2ccc(=O)[nH]c2=O)O[C@H](CO[P@](O)(=S)OP(=O)(O)OP(=O)(O)O)[C@H]1O. The van der Waals surface area contributed by atoms with E-state index in [1.807, 2.05) is 10.9 Å². The standard InChI is InChI=1S/C11H15N2O14P3S/c1-2-11(17)8(15)6(25-9(11)13-4-3-7(14)12-10(13)16)5-24-30(23,31)27-29(21,22)26-28(18,19)20/h1,3-4,6,8-9,15,17H,5H2,(H,21,22)(H,23,31)(H,12,14,16)(H2,18,19,20)/t6-,8-,9?,11-,30+/m1/s1. The first-order valence-electron chi connectivity index (χ1n) is 7.63. The number of phosphoric acid groups is 2. The highest BCUT2D eigenvalue weighted by Gasteiger charge is 2.56. The largest absolute Gasteiger partial charge is 0.488 e. The lowest BCUT2D eigenvalue weighted by Gasteiger charge is -2.26. The van der Waals surface area contributed by atoms with Crippen molar-refractivity contribution >= 4 is 34.2 Å². The Morgan fingerprint density at radius 3 is 2.42 bits per heavy atom. The Morgan fingerprint density at radius 1 is 1.29 bits per heavy atom. The maximum atomic E-state index is 12.0. The number of terminal acetylenes is 1. The van der Waals surface area contributed by atoms with Crippen molar-refractivity contribution in [2.24, 2.45) is 0 Å². The molecule has 31 heavy (non-hydrogen) atoms. The smallest absolute Gasteiger partial charge is 0.386 e. The van der Waals surface area contributed by atoms with Crippen LogP contribution in [0.1, 0.15) is 6.23 Å². The summed E-state index contributed by atoms with van der Waals surface area (Å²) in [6.07, 6.45) is 0.836. The highest BCUT2D eigenvalue weighted by molar-refractivity contribution is 8.08. The van der Waals surface area contributed by atoms with Crippen molar-refractivity contribution in [1.82, 2.24) is 9.55 Å². The monoisotopic (exact) mass is 524 g/mol. The zero-order valence-electron chi connectivity index (χ0n) is 14.8. The Morgan fingerprint density at radius 2 is 1.90 bits per heavy atom. The van der Waals surface area contributed by atoms with Crippen LogP contribution in [0.25, 0.3) is 0 Å². The van der Waals surface area contributed by atoms with Gasteiger partial charge in [0, 0.05) is 12.3 Å². The summed E-state index contributed by atoms with van der Waals surface area (Å²) in [6, 6.07) is 0.902. The second-order valence-electron chi connectivity index (χ2n) is 5.85. The maximum Gasteiger partial charge on any atom is 0.488 e. The summed E-state index contributed by atoms with van der Waals surface area (Å²) in [5.74, 6) is 1.84. The molecular formula is C11H15N2O14P3S. The van der Waals surface area contributed by atoms with Gasteiger partial charge in [-0.25, -0.2) is 18.2 Å². The van der Waals surface area contributed by atoms with Crippen LogP contribution < -0.4 is 11.2 Å². The van der Waals surface area contributed by atoms with E-state index in [1.165, 1.54) is 0 Å². The van der Waals surface area contributed by atoms with Crippen LogP contribution in [0.2, 0.25) is 0 Å². The van der Waals surface area contributed by atoms with E-state index in [-0.39, 0.29) is 0 Å². The van der Waals surface area contributed by atoms with Gasteiger partial charge in [-0.1, -0.05) is 5.92 Å². The lowest BCUT2D eigenvalue weighted by Crippen LogP contribution is -2.48. The predicted octanol–water partition coefficient (Wildman–Crippen LogP) is -2.38. The van der Waals surface area contributed by atoms with E-state index in [0.29, 0.717) is 4.57 Å². The van der Waals surface area contributed by atoms with Crippen molar-refractivity contribution in [3.63, 3.8) is 0 Å². The molecule has 2 unspecified atom stereocenters. The van der Waals surface area contributed by atoms with Gasteiger partial charge >= 0.3 is 28.1 Å². The highest BCUT2D eigenvalue weighted by atomic mass is 32.5. The summed E-state index contributed by atoms with van der Waals surface area (Å²) in [5, 5.41) is 20.9. The van der Waals surface area contributed by atoms with Gasteiger partial charge in [0.2, 0.25) is 0 Å². The molecule has 174 valence electrons. The third-order valence-corrected chi connectivity index (χ3v) is 8.35. The highest BCUT2D eigenvalue weighted by Crippen LogP contribution is 2.66. The molecule has 1 aromatic heterocycles. The quantitative estimate of drug-likeness (QED) is 0.139. The van der Waals surface area contributed by atoms with E-state index in [1.54, 1.807) is 0 Å². The van der Waals surface area contributed by atoms with Gasteiger partial charge in [-0.15, -0.1) is 6.42 Å². The van der Waals surface area contributed by atoms with Crippen molar-refractivity contribution in [1.29, 1.82) is 0 Å². The van der Waals surface area contributed by atoms with Crippen LogP contribution in [0, 0.1) is 12.3 Å². The fourth-order valence-corrected chi connectivity index (χ4v) is 6.39. The number of nitrogens with zero attached hydrogens (tertiary/aromatic N) is 1. The molecule has 0 radical (unpaired) electrons. The Balaban J connectivity index is 2.19. The molecule has 0 bridgehead atoms. The van der Waals surface area contributed by atoms with Crippen LogP contribution in [0.3, 0.4) is 0 Å². The molecule has 20 heteroatoms. The number of H-pyrrole nitrogens is 1. The van der Waals surface area contributed by atoms with Gasteiger partial charge in [0.15, 0.2) is 11.8 Å². The second kappa shape index (κ2) is 9.06. The number of hydrogen-bond donors (Lipinski definition) is 7. The number of ether oxygens (including phenoxy) is 1. The second-order valence-corrected chi connectivity index (χ2v) is 11.6. The Kier molecular flexibility index (Phi) is 7.66. The van der Waals surface area contributed by atoms with Crippen molar-refractivity contribution in [2.75, 3.05) is 6.61 Å². The number of aromatic amines is 1. The van der Waals surface area contributed by atoms with Gasteiger partial charge in [-0.2, -0.15) is 4.31 Å². The minimum atomic E-state index is -5.57. The third-order valence-electron chi connectivity index (χ3n) is 3.64. The Bertz CT molecular complexity index is 1140. The fraction of sp³-hybridized carbons (Fsp3) is 0.455. The molecule has 2 rings (SSSR count). The fourth-order valence-electron chi connectivity index (χ4n) is 2.42. The van der Waals surface area contributed by atoms with E-state index >= 15 is 0 Å². The summed E-state index contributed by atoms with van der Waals surface area (Å²) >= 11 is 4.42. The van der Waals surface area contributed by atoms with E-state index in [4.69, 9.17) is 20.9 Å². The molecule has 7 N–H and O–H groups in total. The normalized spacial score (nSPS) is 30.3. The number of aliphatic hydroxyl groups is 2. The molecule has 1 aliphatic heterocycles. The van der Waals surface area contributed by atoms with Crippen LogP contribution in [-0.4, -0.2) is 63.8 Å². The minimum absolute atomic E-state index is 0.659. The molecule has 0 amide bonds. The molecule has 2 heterocycles. The van der Waals surface area contributed by atoms with Crippen molar-refractivity contribution < 1.29 is 56.8 Å². The van der Waals surface area contributed by atoms with Crippen molar-refractivity contribution in [2.45, 2.75) is 24.0 Å². The molecule has 16 nitrogen and oxygen atoms in total. The van der Waals surface area contributed by atoms with Crippen LogP contribution in [0.15, 0.2) is 21.9 Å². The van der Waals surface area contributed by atoms with Crippen LogP contribution in [0.4, 0.5) is 0 Å². The van der Waals surface area contributed by atoms with Gasteiger partial charge in [0.05, 0.1) is 6.61 Å². The summed E-state index contributed by atoms with van der Waals surface area (Å²) < 4.78 is 40.3. The van der Waals surface area contributed by atoms with Crippen LogP contribution in [0.5, 0.6) is 0 Å². The number of rotatable bonds is 8. The van der Waals surface area contributed by atoms with E-state index in [9.17, 15) is 38.7 Å². The predicted molar refractivity (Wildman–Crippen MR) is 102 cm³/mol. The molecular weight excluding hydrogens is 509 g/mol. The zero-order chi connectivity index (χ0) is 23.8. The van der Waals surface area contributed by atoms with Gasteiger partial charge in [-0.3, -0.25) is 14.3 Å². The number of aromatic nitrogens is 2. The van der Waals surface area contributed by atoms with Gasteiger partial charge in [0.1, 0.15) is 12.2 Å². The molecule has 0 aliphatic carbocycles. The molecule has 0 aromatic carbocycles. The molecule has 1 aromatic rings. The number of nitrogens with one attached hydrogen (secondary N) is 1. The Labute approximate surface area is 177 Å². The lowest BCUT2D eigenvalue weighted by molar-refractivity contribution is -0.0757. The molecule has 0 saturated carbocycles. The van der Waals surface area contributed by atoms with E-state index < -0.39 is 64.3 Å². The first-order valence-corrected chi connectivity index (χ1v) is 13.2. The average molecular weight is 524 g/mol. The maximum absolute atomic E-state index is 12.0. The zero-order valence-corrected chi connectivity index (χ0v) is 18.3. The summed E-state index contributed by atoms with van der Waals surface area (Å²) in [5.41, 5.74) is -4.36. The van der Waals surface area contributed by atoms with Crippen LogP contribution in [-0.2, 0) is 38.8 Å². The first kappa shape index (κ1) is 26.2. The topological polar surface area (TPSA) is 247 Å². The minimum Gasteiger partial charge on any atom is -0.386 e. The Hall–Kier alpha value is -1.05. The third kappa shape index (κ3) is 6.48. The molecule has 0 spiro atoms. The number of hydrogen-bond acceptors (Lipinski definition) is 11. The summed E-state index contributed by atoms with van der Waals surface area (Å²) in [4.78, 5) is 61.1. The van der Waals surface area contributed by atoms with Gasteiger partial charge < -0.3 is 39.0 Å². The van der Waals surface area contributed by atoms with E-state index in [0.717, 1.165) is 12.3 Å². The molecule has 1 saturated heterocycles. The van der Waals surface area contributed by atoms with Gasteiger partial charge in [-0.05, 0) is 11.8 Å². The number of aliphatic hydroxyl groups excluding tert-OH is 1. The van der Waals surface area contributed by atoms with E-state index in [2.05, 4.69) is 25.0 Å².